The van der Waals surface area contributed by atoms with Gasteiger partial charge < -0.3 is 20.1 Å². The molecule has 2 aromatic rings. The Morgan fingerprint density at radius 2 is 1.58 bits per heavy atom. The number of benzene rings is 2. The molecule has 0 spiro atoms. The molecular weight excluding hydrogens is 457 g/mol. The Morgan fingerprint density at radius 3 is 2.19 bits per heavy atom. The predicted molar refractivity (Wildman–Crippen MR) is 112 cm³/mol. The van der Waals surface area contributed by atoms with Crippen molar-refractivity contribution in [3.05, 3.63) is 50.5 Å². The first-order chi connectivity index (χ1) is 14.7. The van der Waals surface area contributed by atoms with Gasteiger partial charge in [0.2, 0.25) is 0 Å². The van der Waals surface area contributed by atoms with Crippen LogP contribution in [0.4, 0.5) is 21.9 Å². The van der Waals surface area contributed by atoms with E-state index in [2.05, 4.69) is 10.6 Å². The lowest BCUT2D eigenvalue weighted by Gasteiger charge is -2.14. The van der Waals surface area contributed by atoms with Crippen molar-refractivity contribution in [3.63, 3.8) is 0 Å². The number of hydrazine groups is 1. The fraction of sp³-hybridized carbons (Fsp3) is 0.118. The van der Waals surface area contributed by atoms with Gasteiger partial charge in [0, 0.05) is 17.8 Å². The summed E-state index contributed by atoms with van der Waals surface area (Å²) in [5.41, 5.74) is 3.51. The Kier molecular flexibility index (Phi) is 7.82. The number of hydrogen-bond acceptors (Lipinski definition) is 7. The molecule has 0 aliphatic rings. The number of amides is 4. The third-order valence-corrected chi connectivity index (χ3v) is 4.23. The number of carbonyl (C=O) groups excluding carboxylic acids is 3. The molecule has 0 fully saturated rings. The number of ether oxygens (including phenoxy) is 2. The molecule has 0 bridgehead atoms. The molecule has 12 nitrogen and oxygen atoms in total. The molecule has 2 aromatic carbocycles. The fourth-order valence-electron chi connectivity index (χ4n) is 2.20. The minimum atomic E-state index is -1.24. The number of hydrogen-bond donors (Lipinski definition) is 4. The Morgan fingerprint density at radius 1 is 0.903 bits per heavy atom. The van der Waals surface area contributed by atoms with Crippen molar-refractivity contribution in [2.24, 2.45) is 0 Å². The number of nitro groups is 1. The molecule has 4 N–H and O–H groups in total. The molecule has 0 aliphatic heterocycles. The Hall–Kier alpha value is -3.77. The minimum absolute atomic E-state index is 0.0432. The molecule has 0 unspecified atom stereocenters. The summed E-state index contributed by atoms with van der Waals surface area (Å²) in [7, 11) is 2.77. The van der Waals surface area contributed by atoms with Gasteiger partial charge in [-0.15, -0.1) is 0 Å². The zero-order valence-corrected chi connectivity index (χ0v) is 17.5. The molecule has 0 atom stereocenters. The van der Waals surface area contributed by atoms with Crippen molar-refractivity contribution >= 4 is 58.1 Å². The zero-order chi connectivity index (χ0) is 23.1. The van der Waals surface area contributed by atoms with E-state index in [9.17, 15) is 24.5 Å². The summed E-state index contributed by atoms with van der Waals surface area (Å²) in [5, 5.41) is 15.4. The molecular formula is C17H15Cl2N5O7. The molecule has 31 heavy (non-hydrogen) atoms. The highest BCUT2D eigenvalue weighted by Gasteiger charge is 2.19. The van der Waals surface area contributed by atoms with E-state index in [1.54, 1.807) is 0 Å². The molecule has 0 saturated carbocycles. The molecule has 0 heterocycles. The van der Waals surface area contributed by atoms with Crippen LogP contribution in [0.25, 0.3) is 0 Å². The zero-order valence-electron chi connectivity index (χ0n) is 15.9. The van der Waals surface area contributed by atoms with Crippen LogP contribution in [0.5, 0.6) is 11.5 Å². The quantitative estimate of drug-likeness (QED) is 0.296. The standard InChI is InChI=1S/C17H15Cl2N5O7/c1-30-13-7-14(31-2)11(6-10(13)19)21-17(27)23-22-16(26)15(25)20-8-3-4-9(18)12(5-8)24(28)29/h3-7H,1-2H3,(H,20,25)(H,22,26)(H2,21,23,27). The predicted octanol–water partition coefficient (Wildman–Crippen LogP) is 2.71. The summed E-state index contributed by atoms with van der Waals surface area (Å²) < 4.78 is 10.2. The number of halogens is 2. The van der Waals surface area contributed by atoms with Gasteiger partial charge in [-0.2, -0.15) is 0 Å². The van der Waals surface area contributed by atoms with E-state index >= 15 is 0 Å². The largest absolute Gasteiger partial charge is 0.495 e. The fourth-order valence-corrected chi connectivity index (χ4v) is 2.63. The normalized spacial score (nSPS) is 9.94. The summed E-state index contributed by atoms with van der Waals surface area (Å²) in [6.45, 7) is 0. The van der Waals surface area contributed by atoms with E-state index in [0.29, 0.717) is 5.75 Å². The van der Waals surface area contributed by atoms with Gasteiger partial charge in [0.15, 0.2) is 0 Å². The Balaban J connectivity index is 1.96. The van der Waals surface area contributed by atoms with Crippen LogP contribution in [-0.2, 0) is 9.59 Å². The van der Waals surface area contributed by atoms with E-state index in [4.69, 9.17) is 32.7 Å². The first-order valence-electron chi connectivity index (χ1n) is 8.20. The SMILES string of the molecule is COc1cc(OC)c(NC(=O)NNC(=O)C(=O)Nc2ccc(Cl)c([N+](=O)[O-])c2)cc1Cl. The second kappa shape index (κ2) is 10.3. The summed E-state index contributed by atoms with van der Waals surface area (Å²) in [6, 6.07) is 5.32. The molecule has 2 rings (SSSR count). The van der Waals surface area contributed by atoms with Crippen molar-refractivity contribution in [3.8, 4) is 11.5 Å². The number of nitro benzene ring substituents is 1. The third-order valence-electron chi connectivity index (χ3n) is 3.62. The number of nitrogens with zero attached hydrogens (tertiary/aromatic N) is 1. The first-order valence-corrected chi connectivity index (χ1v) is 8.95. The lowest BCUT2D eigenvalue weighted by Crippen LogP contribution is -2.48. The first kappa shape index (κ1) is 23.5. The number of urea groups is 1. The Labute approximate surface area is 184 Å². The molecule has 14 heteroatoms. The average molecular weight is 472 g/mol. The minimum Gasteiger partial charge on any atom is -0.495 e. The molecule has 0 saturated heterocycles. The summed E-state index contributed by atoms with van der Waals surface area (Å²) in [5.74, 6) is -1.89. The van der Waals surface area contributed by atoms with E-state index in [-0.39, 0.29) is 27.2 Å². The van der Waals surface area contributed by atoms with Crippen LogP contribution in [0.15, 0.2) is 30.3 Å². The lowest BCUT2D eigenvalue weighted by molar-refractivity contribution is -0.384. The van der Waals surface area contributed by atoms with Crippen LogP contribution >= 0.6 is 23.2 Å². The van der Waals surface area contributed by atoms with Gasteiger partial charge in [-0.25, -0.2) is 10.2 Å². The van der Waals surface area contributed by atoms with E-state index < -0.39 is 28.5 Å². The van der Waals surface area contributed by atoms with Crippen molar-refractivity contribution in [1.29, 1.82) is 0 Å². The molecule has 0 aliphatic carbocycles. The van der Waals surface area contributed by atoms with Gasteiger partial charge in [0.05, 0.1) is 29.9 Å². The van der Waals surface area contributed by atoms with Gasteiger partial charge in [-0.3, -0.25) is 25.1 Å². The van der Waals surface area contributed by atoms with Gasteiger partial charge in [-0.1, -0.05) is 23.2 Å². The number of methoxy groups -OCH3 is 2. The van der Waals surface area contributed by atoms with E-state index in [1.807, 2.05) is 10.9 Å². The maximum Gasteiger partial charge on any atom is 0.338 e. The van der Waals surface area contributed by atoms with Crippen LogP contribution in [0, 0.1) is 10.1 Å². The van der Waals surface area contributed by atoms with Crippen LogP contribution < -0.4 is 31.0 Å². The van der Waals surface area contributed by atoms with Gasteiger partial charge >= 0.3 is 17.8 Å². The van der Waals surface area contributed by atoms with Crippen LogP contribution in [-0.4, -0.2) is 37.0 Å². The monoisotopic (exact) mass is 471 g/mol. The van der Waals surface area contributed by atoms with Crippen LogP contribution in [0.3, 0.4) is 0 Å². The summed E-state index contributed by atoms with van der Waals surface area (Å²) >= 11 is 11.7. The van der Waals surface area contributed by atoms with Crippen LogP contribution in [0.2, 0.25) is 10.0 Å². The number of anilines is 2. The number of nitrogens with one attached hydrogen (secondary N) is 4. The van der Waals surface area contributed by atoms with Crippen molar-refractivity contribution < 1.29 is 28.8 Å². The van der Waals surface area contributed by atoms with Crippen LogP contribution in [0.1, 0.15) is 0 Å². The lowest BCUT2D eigenvalue weighted by atomic mass is 10.2. The van der Waals surface area contributed by atoms with E-state index in [1.165, 1.54) is 38.5 Å². The van der Waals surface area contributed by atoms with Gasteiger partial charge in [0.25, 0.3) is 5.69 Å². The molecule has 4 amide bonds. The second-order valence-electron chi connectivity index (χ2n) is 5.60. The molecule has 0 radical (unpaired) electrons. The highest BCUT2D eigenvalue weighted by atomic mass is 35.5. The number of rotatable bonds is 5. The third kappa shape index (κ3) is 6.10. The maximum atomic E-state index is 12.0. The summed E-state index contributed by atoms with van der Waals surface area (Å²) in [4.78, 5) is 45.9. The maximum absolute atomic E-state index is 12.0. The molecule has 164 valence electrons. The van der Waals surface area contributed by atoms with Crippen molar-refractivity contribution in [1.82, 2.24) is 10.9 Å². The Bertz CT molecular complexity index is 1050. The van der Waals surface area contributed by atoms with Gasteiger partial charge in [-0.05, 0) is 18.2 Å². The second-order valence-corrected chi connectivity index (χ2v) is 6.41. The van der Waals surface area contributed by atoms with Crippen molar-refractivity contribution in [2.45, 2.75) is 0 Å². The topological polar surface area (TPSA) is 161 Å². The number of carbonyl (C=O) groups is 3. The molecule has 0 aromatic heterocycles. The van der Waals surface area contributed by atoms with Crippen molar-refractivity contribution in [2.75, 3.05) is 24.9 Å². The average Bonchev–Trinajstić information content (AvgIpc) is 2.73. The highest BCUT2D eigenvalue weighted by Crippen LogP contribution is 2.35. The van der Waals surface area contributed by atoms with E-state index in [0.717, 1.165) is 6.07 Å². The smallest absolute Gasteiger partial charge is 0.338 e. The van der Waals surface area contributed by atoms with Gasteiger partial charge in [0.1, 0.15) is 16.5 Å². The highest BCUT2D eigenvalue weighted by molar-refractivity contribution is 6.40. The summed E-state index contributed by atoms with van der Waals surface area (Å²) in [6.07, 6.45) is 0.